The molecule has 43 heavy (non-hydrogen) atoms. The Morgan fingerprint density at radius 1 is 1.30 bits per heavy atom. The zero-order valence-corrected chi connectivity index (χ0v) is 24.8. The third-order valence-corrected chi connectivity index (χ3v) is 7.86. The number of aryl methyl sites for hydroxylation is 1. The van der Waals surface area contributed by atoms with Crippen molar-refractivity contribution in [2.75, 3.05) is 30.3 Å². The van der Waals surface area contributed by atoms with Crippen LogP contribution >= 0.6 is 11.6 Å². The quantitative estimate of drug-likeness (QED) is 0.247. The van der Waals surface area contributed by atoms with Gasteiger partial charge in [0.1, 0.15) is 11.6 Å². The second kappa shape index (κ2) is 11.8. The number of fused-ring (bicyclic) bond motifs is 1. The monoisotopic (exact) mass is 600 g/mol. The van der Waals surface area contributed by atoms with Gasteiger partial charge in [0.15, 0.2) is 5.65 Å². The predicted molar refractivity (Wildman–Crippen MR) is 165 cm³/mol. The normalized spacial score (nSPS) is 15.1. The number of benzene rings is 1. The fraction of sp³-hybridized carbons (Fsp3) is 0.290. The molecule has 0 saturated carbocycles. The smallest absolute Gasteiger partial charge is 0.355 e. The first-order valence-electron chi connectivity index (χ1n) is 13.8. The molecule has 0 radical (unpaired) electrons. The van der Waals surface area contributed by atoms with E-state index in [1.54, 1.807) is 29.3 Å². The van der Waals surface area contributed by atoms with E-state index < -0.39 is 17.5 Å². The molecule has 12 heteroatoms. The van der Waals surface area contributed by atoms with Gasteiger partial charge >= 0.3 is 5.69 Å². The van der Waals surface area contributed by atoms with Gasteiger partial charge in [-0.2, -0.15) is 10.2 Å². The standard InChI is InChI=1S/C31H30ClFN8O2/c1-5-24(42)40-14-13-39(16-19(40)9-11-34)29-20-15-21(32)27(25-22(33)7-6-8-23(25)35)37-30(20)41(31(43)38-29)28-18(4)10-12-36-26(28)17(2)3/h5-8,10,12,15,17,19H,1,9,13-14,16,35H2,2-4H3. The van der Waals surface area contributed by atoms with Gasteiger partial charge in [-0.3, -0.25) is 9.78 Å². The van der Waals surface area contributed by atoms with E-state index in [-0.39, 0.29) is 58.9 Å². The summed E-state index contributed by atoms with van der Waals surface area (Å²) in [6, 6.07) is 9.37. The van der Waals surface area contributed by atoms with Crippen molar-refractivity contribution >= 4 is 40.0 Å². The molecule has 1 aliphatic heterocycles. The van der Waals surface area contributed by atoms with Gasteiger partial charge in [0, 0.05) is 31.5 Å². The maximum Gasteiger partial charge on any atom is 0.355 e. The molecule has 4 aromatic rings. The van der Waals surface area contributed by atoms with Crippen molar-refractivity contribution in [1.29, 1.82) is 5.26 Å². The summed E-state index contributed by atoms with van der Waals surface area (Å²) in [5, 5.41) is 10.0. The Morgan fingerprint density at radius 3 is 2.74 bits per heavy atom. The largest absolute Gasteiger partial charge is 0.398 e. The number of nitrogens with two attached hydrogens (primary N) is 1. The molecule has 4 heterocycles. The van der Waals surface area contributed by atoms with Gasteiger partial charge in [-0.25, -0.2) is 18.7 Å². The number of amides is 1. The predicted octanol–water partition coefficient (Wildman–Crippen LogP) is 4.77. The fourth-order valence-electron chi connectivity index (χ4n) is 5.53. The Bertz CT molecular complexity index is 1850. The van der Waals surface area contributed by atoms with Crippen LogP contribution in [0, 0.1) is 24.1 Å². The second-order valence-corrected chi connectivity index (χ2v) is 11.1. The summed E-state index contributed by atoms with van der Waals surface area (Å²) in [5.41, 5.74) is 7.93. The molecule has 3 aromatic heterocycles. The van der Waals surface area contributed by atoms with Crippen LogP contribution in [0.15, 0.2) is 54.0 Å². The molecule has 1 aliphatic rings. The Kier molecular flexibility index (Phi) is 8.15. The lowest BCUT2D eigenvalue weighted by Crippen LogP contribution is -2.55. The van der Waals surface area contributed by atoms with E-state index >= 15 is 4.39 Å². The summed E-state index contributed by atoms with van der Waals surface area (Å²) in [7, 11) is 0. The number of carbonyl (C=O) groups excluding carboxylic acids is 1. The molecule has 1 aromatic carbocycles. The molecule has 0 spiro atoms. The number of nitriles is 1. The molecular formula is C31H30ClFN8O2. The van der Waals surface area contributed by atoms with Crippen molar-refractivity contribution in [3.05, 3.63) is 81.8 Å². The number of hydrogen-bond donors (Lipinski definition) is 1. The number of halogens is 2. The van der Waals surface area contributed by atoms with E-state index in [4.69, 9.17) is 22.3 Å². The van der Waals surface area contributed by atoms with E-state index in [9.17, 15) is 14.9 Å². The highest BCUT2D eigenvalue weighted by Gasteiger charge is 2.32. The average Bonchev–Trinajstić information content (AvgIpc) is 2.97. The first kappa shape index (κ1) is 29.7. The minimum Gasteiger partial charge on any atom is -0.398 e. The lowest BCUT2D eigenvalue weighted by molar-refractivity contribution is -0.128. The lowest BCUT2D eigenvalue weighted by Gasteiger charge is -2.41. The maximum absolute atomic E-state index is 15.1. The SMILES string of the molecule is C=CC(=O)N1CCN(c2nc(=O)n(-c3c(C)ccnc3C(C)C)c3nc(-c4c(N)cccc4F)c(Cl)cc23)CC1CC#N. The first-order valence-corrected chi connectivity index (χ1v) is 14.1. The van der Waals surface area contributed by atoms with Gasteiger partial charge in [0.2, 0.25) is 5.91 Å². The van der Waals surface area contributed by atoms with E-state index in [2.05, 4.69) is 22.6 Å². The van der Waals surface area contributed by atoms with Crippen molar-refractivity contribution in [2.24, 2.45) is 0 Å². The molecule has 0 aliphatic carbocycles. The van der Waals surface area contributed by atoms with Crippen LogP contribution in [0.1, 0.15) is 37.4 Å². The molecule has 5 rings (SSSR count). The molecule has 0 bridgehead atoms. The summed E-state index contributed by atoms with van der Waals surface area (Å²) in [6.07, 6.45) is 2.97. The van der Waals surface area contributed by atoms with E-state index in [0.29, 0.717) is 29.1 Å². The van der Waals surface area contributed by atoms with Crippen LogP contribution in [0.25, 0.3) is 28.0 Å². The summed E-state index contributed by atoms with van der Waals surface area (Å²) < 4.78 is 16.5. The highest BCUT2D eigenvalue weighted by atomic mass is 35.5. The third-order valence-electron chi connectivity index (χ3n) is 7.58. The van der Waals surface area contributed by atoms with Gasteiger partial charge in [-0.15, -0.1) is 0 Å². The Labute approximate surface area is 252 Å². The molecule has 2 N–H and O–H groups in total. The highest BCUT2D eigenvalue weighted by Crippen LogP contribution is 2.38. The molecular weight excluding hydrogens is 571 g/mol. The first-order chi connectivity index (χ1) is 20.6. The van der Waals surface area contributed by atoms with Gasteiger partial charge in [0.05, 0.1) is 51.6 Å². The third kappa shape index (κ3) is 5.30. The van der Waals surface area contributed by atoms with Crippen LogP contribution in [0.3, 0.4) is 0 Å². The van der Waals surface area contributed by atoms with Gasteiger partial charge in [-0.05, 0) is 48.7 Å². The summed E-state index contributed by atoms with van der Waals surface area (Å²) in [6.45, 7) is 10.2. The fourth-order valence-corrected chi connectivity index (χ4v) is 5.78. The number of nitrogens with zero attached hydrogens (tertiary/aromatic N) is 7. The van der Waals surface area contributed by atoms with Gasteiger partial charge in [-0.1, -0.05) is 38.1 Å². The molecule has 1 saturated heterocycles. The van der Waals surface area contributed by atoms with Crippen LogP contribution in [0.5, 0.6) is 0 Å². The number of rotatable bonds is 6. The van der Waals surface area contributed by atoms with Gasteiger partial charge in [0.25, 0.3) is 0 Å². The molecule has 1 amide bonds. The van der Waals surface area contributed by atoms with Crippen molar-refractivity contribution in [1.82, 2.24) is 24.4 Å². The Hall–Kier alpha value is -4.82. The van der Waals surface area contributed by atoms with Crippen molar-refractivity contribution in [3.8, 4) is 23.0 Å². The number of hydrogen-bond acceptors (Lipinski definition) is 8. The minimum atomic E-state index is -0.621. The molecule has 1 atom stereocenters. The average molecular weight is 601 g/mol. The summed E-state index contributed by atoms with van der Waals surface area (Å²) in [5.74, 6) is -0.648. The number of piperazine rings is 1. The van der Waals surface area contributed by atoms with E-state index in [1.165, 1.54) is 22.8 Å². The lowest BCUT2D eigenvalue weighted by atomic mass is 10.0. The summed E-state index contributed by atoms with van der Waals surface area (Å²) >= 11 is 6.77. The number of aromatic nitrogens is 4. The highest BCUT2D eigenvalue weighted by molar-refractivity contribution is 6.34. The van der Waals surface area contributed by atoms with Crippen LogP contribution in [-0.4, -0.2) is 56.0 Å². The Balaban J connectivity index is 1.82. The number of anilines is 2. The van der Waals surface area contributed by atoms with Crippen LogP contribution in [0.2, 0.25) is 5.02 Å². The van der Waals surface area contributed by atoms with Crippen LogP contribution in [0.4, 0.5) is 15.9 Å². The molecule has 10 nitrogen and oxygen atoms in total. The van der Waals surface area contributed by atoms with Crippen LogP contribution < -0.4 is 16.3 Å². The number of nitrogen functional groups attached to an aromatic ring is 1. The topological polar surface area (TPSA) is 134 Å². The van der Waals surface area contributed by atoms with Crippen molar-refractivity contribution < 1.29 is 9.18 Å². The van der Waals surface area contributed by atoms with Crippen molar-refractivity contribution in [3.63, 3.8) is 0 Å². The molecule has 220 valence electrons. The second-order valence-electron chi connectivity index (χ2n) is 10.7. The zero-order chi connectivity index (χ0) is 31.0. The summed E-state index contributed by atoms with van der Waals surface area (Å²) in [4.78, 5) is 43.8. The van der Waals surface area contributed by atoms with E-state index in [1.807, 2.05) is 25.7 Å². The minimum absolute atomic E-state index is 0.0180. The Morgan fingerprint density at radius 2 is 2.07 bits per heavy atom. The van der Waals surface area contributed by atoms with Crippen molar-refractivity contribution in [2.45, 2.75) is 39.2 Å². The zero-order valence-electron chi connectivity index (χ0n) is 24.0. The van der Waals surface area contributed by atoms with Crippen LogP contribution in [-0.2, 0) is 4.79 Å². The number of carbonyl (C=O) groups is 1. The number of pyridine rings is 2. The molecule has 1 fully saturated rings. The maximum atomic E-state index is 15.1. The van der Waals surface area contributed by atoms with E-state index in [0.717, 1.165) is 5.56 Å². The molecule has 1 unspecified atom stereocenters. The van der Waals surface area contributed by atoms with Gasteiger partial charge < -0.3 is 15.5 Å².